The monoisotopic (exact) mass is 205 g/mol. The normalized spacial score (nSPS) is 27.7. The van der Waals surface area contributed by atoms with Gasteiger partial charge in [-0.2, -0.15) is 0 Å². The lowest BCUT2D eigenvalue weighted by Crippen LogP contribution is -2.32. The van der Waals surface area contributed by atoms with Crippen LogP contribution in [0.5, 0.6) is 0 Å². The number of hydrogen-bond donors (Lipinski definition) is 2. The van der Waals surface area contributed by atoms with Crippen LogP contribution in [-0.4, -0.2) is 38.0 Å². The fourth-order valence-corrected chi connectivity index (χ4v) is 2.45. The quantitative estimate of drug-likeness (QED) is 0.659. The summed E-state index contributed by atoms with van der Waals surface area (Å²) in [4.78, 5) is 0. The summed E-state index contributed by atoms with van der Waals surface area (Å²) in [7, 11) is -2.95. The van der Waals surface area contributed by atoms with Crippen molar-refractivity contribution >= 4 is 9.84 Å². The van der Waals surface area contributed by atoms with Gasteiger partial charge < -0.3 is 10.4 Å². The Balaban J connectivity index is 2.23. The van der Waals surface area contributed by atoms with Crippen molar-refractivity contribution in [1.82, 2.24) is 5.32 Å². The molecule has 4 nitrogen and oxygen atoms in total. The van der Waals surface area contributed by atoms with Crippen LogP contribution in [0.15, 0.2) is 11.5 Å². The molecule has 2 N–H and O–H groups in total. The van der Waals surface area contributed by atoms with Gasteiger partial charge in [-0.25, -0.2) is 8.42 Å². The molecule has 0 saturated heterocycles. The second-order valence-electron chi connectivity index (χ2n) is 3.36. The van der Waals surface area contributed by atoms with Gasteiger partial charge in [-0.15, -0.1) is 0 Å². The van der Waals surface area contributed by atoms with Gasteiger partial charge >= 0.3 is 0 Å². The van der Waals surface area contributed by atoms with Gasteiger partial charge in [0.2, 0.25) is 0 Å². The first-order chi connectivity index (χ1) is 5.99. The Hall–Kier alpha value is -0.390. The van der Waals surface area contributed by atoms with Crippen molar-refractivity contribution in [2.45, 2.75) is 25.5 Å². The van der Waals surface area contributed by atoms with Crippen LogP contribution in [-0.2, 0) is 9.84 Å². The van der Waals surface area contributed by atoms with Crippen molar-refractivity contribution in [2.75, 3.05) is 12.3 Å². The topological polar surface area (TPSA) is 66.4 Å². The van der Waals surface area contributed by atoms with Gasteiger partial charge in [0.25, 0.3) is 0 Å². The van der Waals surface area contributed by atoms with E-state index in [1.807, 2.05) is 0 Å². The van der Waals surface area contributed by atoms with Crippen LogP contribution in [0.1, 0.15) is 13.3 Å². The summed E-state index contributed by atoms with van der Waals surface area (Å²) in [6, 6.07) is -0.0799. The lowest BCUT2D eigenvalue weighted by molar-refractivity contribution is 0.183. The molecule has 1 aliphatic heterocycles. The number of rotatable bonds is 4. The maximum absolute atomic E-state index is 11.0. The van der Waals surface area contributed by atoms with E-state index in [0.29, 0.717) is 13.0 Å². The fourth-order valence-electron chi connectivity index (χ4n) is 1.18. The van der Waals surface area contributed by atoms with E-state index in [2.05, 4.69) is 5.32 Å². The summed E-state index contributed by atoms with van der Waals surface area (Å²) < 4.78 is 21.9. The molecule has 0 aliphatic carbocycles. The molecule has 0 fully saturated rings. The molecule has 2 atom stereocenters. The van der Waals surface area contributed by atoms with Crippen molar-refractivity contribution in [3.05, 3.63) is 11.5 Å². The van der Waals surface area contributed by atoms with Gasteiger partial charge in [-0.05, 0) is 19.9 Å². The molecule has 0 bridgehead atoms. The number of aliphatic hydroxyl groups excluding tert-OH is 1. The lowest BCUT2D eigenvalue weighted by Gasteiger charge is -2.10. The maximum Gasteiger partial charge on any atom is 0.173 e. The van der Waals surface area contributed by atoms with Gasteiger partial charge in [0.05, 0.1) is 11.9 Å². The van der Waals surface area contributed by atoms with Crippen LogP contribution in [0.25, 0.3) is 0 Å². The van der Waals surface area contributed by atoms with Crippen molar-refractivity contribution in [3.63, 3.8) is 0 Å². The molecule has 1 heterocycles. The first kappa shape index (κ1) is 10.7. The highest BCUT2D eigenvalue weighted by Gasteiger charge is 2.20. The van der Waals surface area contributed by atoms with E-state index in [-0.39, 0.29) is 17.9 Å². The predicted molar refractivity (Wildman–Crippen MR) is 51.0 cm³/mol. The average molecular weight is 205 g/mol. The Morgan fingerprint density at radius 3 is 2.85 bits per heavy atom. The van der Waals surface area contributed by atoms with E-state index < -0.39 is 9.84 Å². The van der Waals surface area contributed by atoms with Crippen molar-refractivity contribution in [1.29, 1.82) is 0 Å². The zero-order valence-corrected chi connectivity index (χ0v) is 8.42. The zero-order valence-electron chi connectivity index (χ0n) is 7.60. The fraction of sp³-hybridized carbons (Fsp3) is 0.750. The summed E-state index contributed by atoms with van der Waals surface area (Å²) in [5.74, 6) is 0.146. The number of aliphatic hydroxyl groups is 1. The third kappa shape index (κ3) is 3.89. The van der Waals surface area contributed by atoms with E-state index in [0.717, 1.165) is 0 Å². The Kier molecular flexibility index (Phi) is 3.47. The van der Waals surface area contributed by atoms with Gasteiger partial charge in [0, 0.05) is 11.4 Å². The van der Waals surface area contributed by atoms with E-state index >= 15 is 0 Å². The highest BCUT2D eigenvalue weighted by atomic mass is 32.2. The Bertz CT molecular complexity index is 282. The second-order valence-corrected chi connectivity index (χ2v) is 5.29. The summed E-state index contributed by atoms with van der Waals surface area (Å²) in [5, 5.41) is 13.2. The predicted octanol–water partition coefficient (Wildman–Crippen LogP) is -0.342. The standard InChI is InChI=1S/C8H15NO3S/c1-7(10)2-4-9-8-3-5-13(11,12)6-8/h3,5,7-10H,2,4,6H2,1H3. The Morgan fingerprint density at radius 2 is 2.38 bits per heavy atom. The van der Waals surface area contributed by atoms with E-state index in [1.54, 1.807) is 13.0 Å². The first-order valence-electron chi connectivity index (χ1n) is 4.32. The van der Waals surface area contributed by atoms with Crippen molar-refractivity contribution < 1.29 is 13.5 Å². The van der Waals surface area contributed by atoms with Crippen molar-refractivity contribution in [3.8, 4) is 0 Å². The largest absolute Gasteiger partial charge is 0.393 e. The van der Waals surface area contributed by atoms with Gasteiger partial charge in [0.15, 0.2) is 9.84 Å². The Labute approximate surface area is 78.6 Å². The van der Waals surface area contributed by atoms with Gasteiger partial charge in [-0.3, -0.25) is 0 Å². The molecule has 13 heavy (non-hydrogen) atoms. The highest BCUT2D eigenvalue weighted by Crippen LogP contribution is 2.07. The summed E-state index contributed by atoms with van der Waals surface area (Å²) in [6.45, 7) is 2.35. The van der Waals surface area contributed by atoms with Crippen LogP contribution in [0, 0.1) is 0 Å². The van der Waals surface area contributed by atoms with Crippen molar-refractivity contribution in [2.24, 2.45) is 0 Å². The Morgan fingerprint density at radius 1 is 1.69 bits per heavy atom. The molecular formula is C8H15NO3S. The smallest absolute Gasteiger partial charge is 0.173 e. The number of sulfone groups is 1. The van der Waals surface area contributed by atoms with E-state index in [9.17, 15) is 8.42 Å². The average Bonchev–Trinajstić information content (AvgIpc) is 2.29. The molecule has 1 rings (SSSR count). The van der Waals surface area contributed by atoms with Crippen LogP contribution in [0.3, 0.4) is 0 Å². The van der Waals surface area contributed by atoms with Crippen LogP contribution in [0.4, 0.5) is 0 Å². The minimum atomic E-state index is -2.95. The van der Waals surface area contributed by atoms with Crippen LogP contribution >= 0.6 is 0 Å². The first-order valence-corrected chi connectivity index (χ1v) is 6.03. The molecule has 0 aromatic rings. The molecule has 0 radical (unpaired) electrons. The van der Waals surface area contributed by atoms with Crippen LogP contribution < -0.4 is 5.32 Å². The van der Waals surface area contributed by atoms with Gasteiger partial charge in [0.1, 0.15) is 0 Å². The summed E-state index contributed by atoms with van der Waals surface area (Å²) >= 11 is 0. The van der Waals surface area contributed by atoms with Crippen LogP contribution in [0.2, 0.25) is 0 Å². The third-order valence-electron chi connectivity index (χ3n) is 1.90. The SMILES string of the molecule is CC(O)CCNC1C=CS(=O)(=O)C1. The number of hydrogen-bond acceptors (Lipinski definition) is 4. The molecule has 0 aromatic heterocycles. The minimum absolute atomic E-state index is 0.0799. The lowest BCUT2D eigenvalue weighted by atomic mass is 10.2. The zero-order chi connectivity index (χ0) is 9.90. The molecule has 5 heteroatoms. The molecular weight excluding hydrogens is 190 g/mol. The van der Waals surface area contributed by atoms with E-state index in [4.69, 9.17) is 5.11 Å². The second kappa shape index (κ2) is 4.21. The van der Waals surface area contributed by atoms with Gasteiger partial charge in [-0.1, -0.05) is 6.08 Å². The highest BCUT2D eigenvalue weighted by molar-refractivity contribution is 7.94. The molecule has 0 aromatic carbocycles. The third-order valence-corrected chi connectivity index (χ3v) is 3.29. The van der Waals surface area contributed by atoms with E-state index in [1.165, 1.54) is 5.41 Å². The number of nitrogens with one attached hydrogen (secondary N) is 1. The maximum atomic E-state index is 11.0. The summed E-state index contributed by atoms with van der Waals surface area (Å²) in [6.07, 6.45) is 1.95. The molecule has 2 unspecified atom stereocenters. The summed E-state index contributed by atoms with van der Waals surface area (Å²) in [5.41, 5.74) is 0. The minimum Gasteiger partial charge on any atom is -0.393 e. The molecule has 76 valence electrons. The molecule has 1 aliphatic rings. The molecule has 0 saturated carbocycles. The molecule has 0 spiro atoms. The molecule has 0 amide bonds.